The SMILES string of the molecule is O=C1CCCc2c1cnc1nc(N3CCOCC3)nn21. The summed E-state index contributed by atoms with van der Waals surface area (Å²) >= 11 is 0. The molecule has 4 rings (SSSR count). The lowest BCUT2D eigenvalue weighted by Gasteiger charge is -2.25. The highest BCUT2D eigenvalue weighted by Gasteiger charge is 2.23. The van der Waals surface area contributed by atoms with Crippen LogP contribution in [-0.2, 0) is 11.2 Å². The normalized spacial score (nSPS) is 19.4. The second kappa shape index (κ2) is 4.52. The van der Waals surface area contributed by atoms with Crippen LogP contribution in [0, 0.1) is 0 Å². The van der Waals surface area contributed by atoms with Crippen LogP contribution in [0.15, 0.2) is 6.20 Å². The Balaban J connectivity index is 1.81. The van der Waals surface area contributed by atoms with Crippen molar-refractivity contribution >= 4 is 17.5 Å². The van der Waals surface area contributed by atoms with E-state index in [1.165, 1.54) is 0 Å². The smallest absolute Gasteiger partial charge is 0.254 e. The summed E-state index contributed by atoms with van der Waals surface area (Å²) < 4.78 is 7.07. The third-order valence-electron chi connectivity index (χ3n) is 3.87. The van der Waals surface area contributed by atoms with Gasteiger partial charge in [0.2, 0.25) is 5.95 Å². The minimum atomic E-state index is 0.157. The number of fused-ring (bicyclic) bond motifs is 3. The lowest BCUT2D eigenvalue weighted by Crippen LogP contribution is -2.36. The number of hydrogen-bond donors (Lipinski definition) is 0. The first-order valence-corrected chi connectivity index (χ1v) is 6.93. The topological polar surface area (TPSA) is 72.6 Å². The number of ether oxygens (including phenoxy) is 1. The van der Waals surface area contributed by atoms with E-state index >= 15 is 0 Å². The summed E-state index contributed by atoms with van der Waals surface area (Å²) in [6.45, 7) is 2.97. The van der Waals surface area contributed by atoms with Gasteiger partial charge in [-0.3, -0.25) is 4.79 Å². The molecule has 1 aliphatic carbocycles. The summed E-state index contributed by atoms with van der Waals surface area (Å²) in [7, 11) is 0. The van der Waals surface area contributed by atoms with Crippen molar-refractivity contribution in [1.29, 1.82) is 0 Å². The zero-order chi connectivity index (χ0) is 13.5. The fraction of sp³-hybridized carbons (Fsp3) is 0.538. The van der Waals surface area contributed by atoms with E-state index in [1.807, 2.05) is 0 Å². The van der Waals surface area contributed by atoms with E-state index in [0.29, 0.717) is 36.9 Å². The van der Waals surface area contributed by atoms with Gasteiger partial charge in [-0.15, -0.1) is 5.10 Å². The summed E-state index contributed by atoms with van der Waals surface area (Å²) in [5.74, 6) is 1.40. The molecule has 0 unspecified atom stereocenters. The first-order chi connectivity index (χ1) is 9.83. The van der Waals surface area contributed by atoms with E-state index < -0.39 is 0 Å². The van der Waals surface area contributed by atoms with Gasteiger partial charge in [-0.1, -0.05) is 0 Å². The Labute approximate surface area is 115 Å². The number of rotatable bonds is 1. The van der Waals surface area contributed by atoms with Gasteiger partial charge in [-0.05, 0) is 12.8 Å². The average Bonchev–Trinajstić information content (AvgIpc) is 2.93. The van der Waals surface area contributed by atoms with Gasteiger partial charge in [0.05, 0.1) is 24.5 Å². The van der Waals surface area contributed by atoms with Crippen LogP contribution in [0.3, 0.4) is 0 Å². The molecule has 0 spiro atoms. The molecule has 2 aromatic rings. The second-order valence-corrected chi connectivity index (χ2v) is 5.12. The van der Waals surface area contributed by atoms with Crippen LogP contribution in [0.4, 0.5) is 5.95 Å². The Morgan fingerprint density at radius 2 is 2.05 bits per heavy atom. The van der Waals surface area contributed by atoms with Gasteiger partial charge >= 0.3 is 0 Å². The van der Waals surface area contributed by atoms with Crippen LogP contribution in [0.25, 0.3) is 5.78 Å². The minimum absolute atomic E-state index is 0.157. The number of Topliss-reactive ketones (excluding diaryl/α,β-unsaturated/α-hetero) is 1. The highest BCUT2D eigenvalue weighted by Crippen LogP contribution is 2.22. The molecule has 7 heteroatoms. The molecule has 0 saturated carbocycles. The summed E-state index contributed by atoms with van der Waals surface area (Å²) in [4.78, 5) is 22.7. The number of morpholine rings is 1. The van der Waals surface area contributed by atoms with E-state index in [0.717, 1.165) is 31.6 Å². The second-order valence-electron chi connectivity index (χ2n) is 5.12. The molecule has 0 N–H and O–H groups in total. The van der Waals surface area contributed by atoms with E-state index in [4.69, 9.17) is 4.74 Å². The molecule has 0 bridgehead atoms. The van der Waals surface area contributed by atoms with Crippen molar-refractivity contribution in [3.05, 3.63) is 17.5 Å². The largest absolute Gasteiger partial charge is 0.378 e. The van der Waals surface area contributed by atoms with Crippen molar-refractivity contribution in [1.82, 2.24) is 19.6 Å². The quantitative estimate of drug-likeness (QED) is 0.752. The van der Waals surface area contributed by atoms with Crippen LogP contribution >= 0.6 is 0 Å². The van der Waals surface area contributed by atoms with Crippen LogP contribution in [0.2, 0.25) is 0 Å². The molecule has 1 saturated heterocycles. The molecule has 2 aliphatic rings. The lowest BCUT2D eigenvalue weighted by atomic mass is 9.96. The monoisotopic (exact) mass is 273 g/mol. The summed E-state index contributed by atoms with van der Waals surface area (Å²) in [6, 6.07) is 0. The summed E-state index contributed by atoms with van der Waals surface area (Å²) in [5.41, 5.74) is 1.64. The van der Waals surface area contributed by atoms with Crippen molar-refractivity contribution in [3.63, 3.8) is 0 Å². The zero-order valence-corrected chi connectivity index (χ0v) is 11.1. The number of hydrogen-bond acceptors (Lipinski definition) is 6. The molecule has 0 atom stereocenters. The van der Waals surface area contributed by atoms with Gasteiger partial charge in [-0.25, -0.2) is 4.98 Å². The number of carbonyl (C=O) groups is 1. The molecule has 104 valence electrons. The molecular formula is C13H15N5O2. The first kappa shape index (κ1) is 11.8. The summed E-state index contributed by atoms with van der Waals surface area (Å²) in [6.07, 6.45) is 3.97. The van der Waals surface area contributed by atoms with Gasteiger partial charge < -0.3 is 9.64 Å². The maximum absolute atomic E-state index is 11.9. The number of anilines is 1. The molecular weight excluding hydrogens is 258 g/mol. The molecule has 1 fully saturated rings. The fourth-order valence-electron chi connectivity index (χ4n) is 2.79. The van der Waals surface area contributed by atoms with E-state index in [2.05, 4.69) is 20.0 Å². The number of aryl methyl sites for hydroxylation is 1. The maximum Gasteiger partial charge on any atom is 0.254 e. The highest BCUT2D eigenvalue weighted by molar-refractivity contribution is 5.97. The third kappa shape index (κ3) is 1.77. The van der Waals surface area contributed by atoms with Gasteiger partial charge in [0, 0.05) is 25.7 Å². The molecule has 20 heavy (non-hydrogen) atoms. The number of ketones is 1. The molecule has 2 aromatic heterocycles. The number of carbonyl (C=O) groups excluding carboxylic acids is 1. The summed E-state index contributed by atoms with van der Waals surface area (Å²) in [5, 5.41) is 4.55. The van der Waals surface area contributed by atoms with Gasteiger partial charge in [-0.2, -0.15) is 9.50 Å². The standard InChI is InChI=1S/C13H15N5O2/c19-11-3-1-2-10-9(11)8-14-12-15-13(16-18(10)12)17-4-6-20-7-5-17/h8H,1-7H2. The maximum atomic E-state index is 11.9. The van der Waals surface area contributed by atoms with Crippen LogP contribution in [-0.4, -0.2) is 51.7 Å². The van der Waals surface area contributed by atoms with Gasteiger partial charge in [0.1, 0.15) is 0 Å². The predicted molar refractivity (Wildman–Crippen MR) is 71.1 cm³/mol. The van der Waals surface area contributed by atoms with Crippen LogP contribution in [0.5, 0.6) is 0 Å². The first-order valence-electron chi connectivity index (χ1n) is 6.93. The van der Waals surface area contributed by atoms with Crippen LogP contribution in [0.1, 0.15) is 28.9 Å². The third-order valence-corrected chi connectivity index (χ3v) is 3.87. The molecule has 7 nitrogen and oxygen atoms in total. The Bertz CT molecular complexity index is 675. The fourth-order valence-corrected chi connectivity index (χ4v) is 2.79. The zero-order valence-electron chi connectivity index (χ0n) is 11.1. The molecule has 0 amide bonds. The van der Waals surface area contributed by atoms with E-state index in [1.54, 1.807) is 10.7 Å². The van der Waals surface area contributed by atoms with Crippen molar-refractivity contribution in [2.75, 3.05) is 31.2 Å². The van der Waals surface area contributed by atoms with Crippen molar-refractivity contribution < 1.29 is 9.53 Å². The van der Waals surface area contributed by atoms with Gasteiger partial charge in [0.15, 0.2) is 5.78 Å². The Hall–Kier alpha value is -2.02. The predicted octanol–water partition coefficient (Wildman–Crippen LogP) is 0.480. The molecule has 0 radical (unpaired) electrons. The van der Waals surface area contributed by atoms with Crippen molar-refractivity contribution in [2.45, 2.75) is 19.3 Å². The van der Waals surface area contributed by atoms with Crippen LogP contribution < -0.4 is 4.90 Å². The Kier molecular flexibility index (Phi) is 2.66. The number of nitrogens with zero attached hydrogens (tertiary/aromatic N) is 5. The molecule has 1 aliphatic heterocycles. The van der Waals surface area contributed by atoms with E-state index in [9.17, 15) is 4.79 Å². The van der Waals surface area contributed by atoms with E-state index in [-0.39, 0.29) is 5.78 Å². The minimum Gasteiger partial charge on any atom is -0.378 e. The van der Waals surface area contributed by atoms with Crippen molar-refractivity contribution in [3.8, 4) is 0 Å². The lowest BCUT2D eigenvalue weighted by molar-refractivity contribution is 0.0970. The highest BCUT2D eigenvalue weighted by atomic mass is 16.5. The Morgan fingerprint density at radius 1 is 1.20 bits per heavy atom. The molecule has 3 heterocycles. The van der Waals surface area contributed by atoms with Gasteiger partial charge in [0.25, 0.3) is 5.78 Å². The Morgan fingerprint density at radius 3 is 2.90 bits per heavy atom. The average molecular weight is 273 g/mol. The van der Waals surface area contributed by atoms with Crippen molar-refractivity contribution in [2.24, 2.45) is 0 Å². The number of aromatic nitrogens is 4. The molecule has 0 aromatic carbocycles.